The second-order valence-electron chi connectivity index (χ2n) is 4.53. The van der Waals surface area contributed by atoms with Gasteiger partial charge in [-0.3, -0.25) is 4.79 Å². The van der Waals surface area contributed by atoms with Crippen LogP contribution in [0.3, 0.4) is 0 Å². The first-order chi connectivity index (χ1) is 7.97. The lowest BCUT2D eigenvalue weighted by Crippen LogP contribution is -2.31. The van der Waals surface area contributed by atoms with Gasteiger partial charge in [-0.1, -0.05) is 0 Å². The third-order valence-corrected chi connectivity index (χ3v) is 2.23. The molecule has 0 saturated carbocycles. The summed E-state index contributed by atoms with van der Waals surface area (Å²) in [4.78, 5) is 11.4. The molecule has 1 amide bonds. The number of hydrogen-bond acceptors (Lipinski definition) is 3. The number of carbonyl (C=O) groups excluding carboxylic acids is 1. The van der Waals surface area contributed by atoms with E-state index >= 15 is 0 Å². The molecule has 17 heavy (non-hydrogen) atoms. The molecule has 0 spiro atoms. The molecule has 0 aliphatic carbocycles. The van der Waals surface area contributed by atoms with E-state index in [9.17, 15) is 4.79 Å². The van der Waals surface area contributed by atoms with Crippen molar-refractivity contribution in [3.63, 3.8) is 0 Å². The summed E-state index contributed by atoms with van der Waals surface area (Å²) in [6.45, 7) is 6.51. The van der Waals surface area contributed by atoms with Gasteiger partial charge < -0.3 is 16.4 Å². The number of amides is 1. The van der Waals surface area contributed by atoms with Crippen molar-refractivity contribution in [1.29, 1.82) is 0 Å². The third-order valence-electron chi connectivity index (χ3n) is 2.23. The first kappa shape index (κ1) is 13.4. The number of nitrogen functional groups attached to an aromatic ring is 1. The highest BCUT2D eigenvalue weighted by molar-refractivity contribution is 5.76. The Hall–Kier alpha value is -1.71. The number of rotatable bonds is 5. The van der Waals surface area contributed by atoms with E-state index in [1.807, 2.05) is 39.0 Å². The molecule has 0 saturated heterocycles. The quantitative estimate of drug-likeness (QED) is 0.683. The van der Waals surface area contributed by atoms with Gasteiger partial charge in [-0.25, -0.2) is 0 Å². The molecule has 4 heteroatoms. The molecule has 0 heterocycles. The van der Waals surface area contributed by atoms with Crippen LogP contribution in [-0.2, 0) is 4.79 Å². The number of nitrogens with two attached hydrogens (primary N) is 1. The number of benzene rings is 1. The molecule has 4 N–H and O–H groups in total. The van der Waals surface area contributed by atoms with Crippen LogP contribution in [0.5, 0.6) is 0 Å². The van der Waals surface area contributed by atoms with Crippen LogP contribution < -0.4 is 16.4 Å². The Balaban J connectivity index is 2.38. The monoisotopic (exact) mass is 235 g/mol. The minimum atomic E-state index is 0.0631. The van der Waals surface area contributed by atoms with Gasteiger partial charge in [0, 0.05) is 30.4 Å². The van der Waals surface area contributed by atoms with E-state index in [-0.39, 0.29) is 11.9 Å². The molecular weight excluding hydrogens is 214 g/mol. The van der Waals surface area contributed by atoms with E-state index in [0.29, 0.717) is 13.0 Å². The molecule has 4 nitrogen and oxygen atoms in total. The van der Waals surface area contributed by atoms with Crippen molar-refractivity contribution in [2.75, 3.05) is 17.6 Å². The van der Waals surface area contributed by atoms with Gasteiger partial charge in [-0.15, -0.1) is 0 Å². The van der Waals surface area contributed by atoms with Crippen LogP contribution in [0.2, 0.25) is 0 Å². The van der Waals surface area contributed by atoms with E-state index in [4.69, 9.17) is 5.73 Å². The van der Waals surface area contributed by atoms with Crippen molar-refractivity contribution in [2.24, 2.45) is 0 Å². The predicted molar refractivity (Wildman–Crippen MR) is 72.0 cm³/mol. The second kappa shape index (κ2) is 6.13. The van der Waals surface area contributed by atoms with Gasteiger partial charge in [0.1, 0.15) is 0 Å². The molecule has 1 aromatic rings. The summed E-state index contributed by atoms with van der Waals surface area (Å²) < 4.78 is 0. The molecule has 0 bridgehead atoms. The Morgan fingerprint density at radius 3 is 2.65 bits per heavy atom. The molecule has 0 aromatic heterocycles. The molecule has 0 fully saturated rings. The Labute approximate surface area is 103 Å². The van der Waals surface area contributed by atoms with E-state index in [0.717, 1.165) is 16.9 Å². The molecule has 0 radical (unpaired) electrons. The van der Waals surface area contributed by atoms with Crippen LogP contribution in [0.25, 0.3) is 0 Å². The van der Waals surface area contributed by atoms with Crippen LogP contribution in [0.4, 0.5) is 11.4 Å². The normalized spacial score (nSPS) is 10.4. The predicted octanol–water partition coefficient (Wildman–Crippen LogP) is 1.90. The number of hydrogen-bond donors (Lipinski definition) is 3. The molecule has 0 aliphatic rings. The molecule has 0 aliphatic heterocycles. The Kier molecular flexibility index (Phi) is 4.82. The highest BCUT2D eigenvalue weighted by Crippen LogP contribution is 2.15. The Morgan fingerprint density at radius 2 is 2.06 bits per heavy atom. The van der Waals surface area contributed by atoms with Gasteiger partial charge in [0.05, 0.1) is 0 Å². The zero-order valence-electron chi connectivity index (χ0n) is 10.7. The summed E-state index contributed by atoms with van der Waals surface area (Å²) in [5.41, 5.74) is 8.54. The van der Waals surface area contributed by atoms with Gasteiger partial charge in [-0.05, 0) is 44.5 Å². The lowest BCUT2D eigenvalue weighted by Gasteiger charge is -2.10. The van der Waals surface area contributed by atoms with E-state index < -0.39 is 0 Å². The fourth-order valence-electron chi connectivity index (χ4n) is 1.63. The largest absolute Gasteiger partial charge is 0.399 e. The molecule has 1 rings (SSSR count). The number of nitrogens with one attached hydrogen (secondary N) is 2. The molecule has 0 atom stereocenters. The topological polar surface area (TPSA) is 67.1 Å². The standard InChI is InChI=1S/C13H21N3O/c1-9(2)16-13(17)4-5-15-12-7-10(3)6-11(14)8-12/h6-9,15H,4-5,14H2,1-3H3,(H,16,17). The first-order valence-electron chi connectivity index (χ1n) is 5.88. The maximum absolute atomic E-state index is 11.4. The van der Waals surface area contributed by atoms with Crippen LogP contribution in [0, 0.1) is 6.92 Å². The minimum absolute atomic E-state index is 0.0631. The van der Waals surface area contributed by atoms with E-state index in [1.165, 1.54) is 0 Å². The van der Waals surface area contributed by atoms with Crippen molar-refractivity contribution in [3.05, 3.63) is 23.8 Å². The summed E-state index contributed by atoms with van der Waals surface area (Å²) in [7, 11) is 0. The fraction of sp³-hybridized carbons (Fsp3) is 0.462. The number of carbonyl (C=O) groups is 1. The van der Waals surface area contributed by atoms with Crippen LogP contribution in [0.1, 0.15) is 25.8 Å². The van der Waals surface area contributed by atoms with Crippen LogP contribution in [-0.4, -0.2) is 18.5 Å². The van der Waals surface area contributed by atoms with E-state index in [2.05, 4.69) is 10.6 Å². The molecule has 1 aromatic carbocycles. The van der Waals surface area contributed by atoms with Gasteiger partial charge in [0.2, 0.25) is 5.91 Å². The third kappa shape index (κ3) is 5.24. The summed E-state index contributed by atoms with van der Waals surface area (Å²) in [5, 5.41) is 6.04. The maximum Gasteiger partial charge on any atom is 0.221 e. The highest BCUT2D eigenvalue weighted by Gasteiger charge is 2.02. The van der Waals surface area contributed by atoms with Crippen molar-refractivity contribution in [1.82, 2.24) is 5.32 Å². The summed E-state index contributed by atoms with van der Waals surface area (Å²) in [5.74, 6) is 0.0631. The summed E-state index contributed by atoms with van der Waals surface area (Å²) in [6, 6.07) is 5.98. The van der Waals surface area contributed by atoms with Gasteiger partial charge in [0.25, 0.3) is 0 Å². The van der Waals surface area contributed by atoms with Crippen LogP contribution in [0.15, 0.2) is 18.2 Å². The lowest BCUT2D eigenvalue weighted by molar-refractivity contribution is -0.121. The molecular formula is C13H21N3O. The summed E-state index contributed by atoms with van der Waals surface area (Å²) in [6.07, 6.45) is 0.464. The number of aryl methyl sites for hydroxylation is 1. The highest BCUT2D eigenvalue weighted by atomic mass is 16.1. The zero-order valence-corrected chi connectivity index (χ0v) is 10.7. The van der Waals surface area contributed by atoms with Crippen molar-refractivity contribution in [2.45, 2.75) is 33.2 Å². The molecule has 0 unspecified atom stereocenters. The Bertz CT molecular complexity index is 368. The summed E-state index contributed by atoms with van der Waals surface area (Å²) >= 11 is 0. The zero-order chi connectivity index (χ0) is 12.8. The van der Waals surface area contributed by atoms with Crippen molar-refractivity contribution in [3.8, 4) is 0 Å². The molecule has 94 valence electrons. The first-order valence-corrected chi connectivity index (χ1v) is 5.88. The smallest absolute Gasteiger partial charge is 0.221 e. The fourth-order valence-corrected chi connectivity index (χ4v) is 1.63. The maximum atomic E-state index is 11.4. The lowest BCUT2D eigenvalue weighted by atomic mass is 10.2. The van der Waals surface area contributed by atoms with Crippen LogP contribution >= 0.6 is 0 Å². The van der Waals surface area contributed by atoms with E-state index in [1.54, 1.807) is 0 Å². The van der Waals surface area contributed by atoms with Crippen molar-refractivity contribution < 1.29 is 4.79 Å². The average Bonchev–Trinajstić information content (AvgIpc) is 2.14. The van der Waals surface area contributed by atoms with Crippen molar-refractivity contribution >= 4 is 17.3 Å². The second-order valence-corrected chi connectivity index (χ2v) is 4.53. The van der Waals surface area contributed by atoms with Gasteiger partial charge >= 0.3 is 0 Å². The average molecular weight is 235 g/mol. The Morgan fingerprint density at radius 1 is 1.35 bits per heavy atom. The number of anilines is 2. The minimum Gasteiger partial charge on any atom is -0.399 e. The SMILES string of the molecule is Cc1cc(N)cc(NCCC(=O)NC(C)C)c1. The van der Waals surface area contributed by atoms with Gasteiger partial charge in [0.15, 0.2) is 0 Å². The van der Waals surface area contributed by atoms with Gasteiger partial charge in [-0.2, -0.15) is 0 Å².